The Bertz CT molecular complexity index is 893. The highest BCUT2D eigenvalue weighted by molar-refractivity contribution is 5.36. The Hall–Kier alpha value is -2.66. The molecule has 31 heavy (non-hydrogen) atoms. The predicted molar refractivity (Wildman–Crippen MR) is 125 cm³/mol. The van der Waals surface area contributed by atoms with Gasteiger partial charge in [-0.2, -0.15) is 0 Å². The van der Waals surface area contributed by atoms with E-state index in [4.69, 9.17) is 4.74 Å². The smallest absolute Gasteiger partial charge is 0.123 e. The van der Waals surface area contributed by atoms with Crippen LogP contribution in [0.15, 0.2) is 84.9 Å². The molecule has 4 rings (SSSR count). The lowest BCUT2D eigenvalue weighted by molar-refractivity contribution is 0.241. The zero-order valence-corrected chi connectivity index (χ0v) is 18.1. The van der Waals surface area contributed by atoms with E-state index in [1.165, 1.54) is 11.1 Å². The van der Waals surface area contributed by atoms with E-state index in [0.29, 0.717) is 5.92 Å². The van der Waals surface area contributed by atoms with Gasteiger partial charge in [-0.15, -0.1) is 0 Å². The maximum atomic E-state index is 9.70. The standard InChI is InChI=1S/C27H32N2O2/c1-31-24-15-9-8-14-22(24)18-28-26-23(16-17-30)19-29-27(26)25(20-10-4-2-5-11-20)21-12-6-3-7-13-21/h2-15,23,25-30H,16-19H2,1H3. The van der Waals surface area contributed by atoms with E-state index in [-0.39, 0.29) is 24.6 Å². The van der Waals surface area contributed by atoms with Gasteiger partial charge >= 0.3 is 0 Å². The summed E-state index contributed by atoms with van der Waals surface area (Å²) >= 11 is 0. The second kappa shape index (κ2) is 10.6. The van der Waals surface area contributed by atoms with E-state index in [0.717, 1.165) is 30.8 Å². The number of ether oxygens (including phenoxy) is 1. The van der Waals surface area contributed by atoms with Crippen molar-refractivity contribution in [1.82, 2.24) is 10.6 Å². The Balaban J connectivity index is 1.64. The summed E-state index contributed by atoms with van der Waals surface area (Å²) in [6, 6.07) is 30.1. The summed E-state index contributed by atoms with van der Waals surface area (Å²) in [6.07, 6.45) is 0.781. The van der Waals surface area contributed by atoms with Crippen LogP contribution in [0.1, 0.15) is 29.0 Å². The molecule has 0 aromatic heterocycles. The van der Waals surface area contributed by atoms with Gasteiger partial charge in [0.05, 0.1) is 7.11 Å². The lowest BCUT2D eigenvalue weighted by Gasteiger charge is -2.32. The molecule has 1 fully saturated rings. The Kier molecular flexibility index (Phi) is 7.36. The number of hydrogen-bond acceptors (Lipinski definition) is 4. The molecule has 3 N–H and O–H groups in total. The summed E-state index contributed by atoms with van der Waals surface area (Å²) in [5.41, 5.74) is 3.76. The largest absolute Gasteiger partial charge is 0.496 e. The van der Waals surface area contributed by atoms with Crippen molar-refractivity contribution < 1.29 is 9.84 Å². The summed E-state index contributed by atoms with van der Waals surface area (Å²) in [6.45, 7) is 1.82. The number of methoxy groups -OCH3 is 1. The van der Waals surface area contributed by atoms with Gasteiger partial charge in [-0.05, 0) is 36.1 Å². The van der Waals surface area contributed by atoms with Gasteiger partial charge in [-0.3, -0.25) is 0 Å². The fourth-order valence-electron chi connectivity index (χ4n) is 4.91. The summed E-state index contributed by atoms with van der Waals surface area (Å²) in [5.74, 6) is 1.49. The predicted octanol–water partition coefficient (Wildman–Crippen LogP) is 3.96. The number of para-hydroxylation sites is 1. The van der Waals surface area contributed by atoms with Crippen molar-refractivity contribution in [3.63, 3.8) is 0 Å². The summed E-state index contributed by atoms with van der Waals surface area (Å²) in [5, 5.41) is 17.3. The molecule has 3 aromatic rings. The zero-order chi connectivity index (χ0) is 21.5. The van der Waals surface area contributed by atoms with Crippen LogP contribution in [0.25, 0.3) is 0 Å². The highest BCUT2D eigenvalue weighted by Crippen LogP contribution is 2.35. The molecule has 1 aliphatic rings. The number of benzene rings is 3. The molecule has 3 unspecified atom stereocenters. The van der Waals surface area contributed by atoms with Gasteiger partial charge in [0, 0.05) is 36.7 Å². The summed E-state index contributed by atoms with van der Waals surface area (Å²) in [7, 11) is 1.72. The average Bonchev–Trinajstić information content (AvgIpc) is 3.21. The van der Waals surface area contributed by atoms with Crippen molar-refractivity contribution in [3.8, 4) is 5.75 Å². The lowest BCUT2D eigenvalue weighted by atomic mass is 9.80. The Morgan fingerprint density at radius 1 is 0.935 bits per heavy atom. The van der Waals surface area contributed by atoms with Crippen LogP contribution in [-0.2, 0) is 6.54 Å². The molecule has 162 valence electrons. The van der Waals surface area contributed by atoms with Gasteiger partial charge in [0.2, 0.25) is 0 Å². The molecule has 0 aliphatic carbocycles. The minimum atomic E-state index is 0.202. The Morgan fingerprint density at radius 2 is 1.55 bits per heavy atom. The van der Waals surface area contributed by atoms with E-state index in [2.05, 4.69) is 77.4 Å². The maximum Gasteiger partial charge on any atom is 0.123 e. The lowest BCUT2D eigenvalue weighted by Crippen LogP contribution is -2.46. The molecule has 0 radical (unpaired) electrons. The second-order valence-corrected chi connectivity index (χ2v) is 8.22. The van der Waals surface area contributed by atoms with Crippen LogP contribution < -0.4 is 15.4 Å². The average molecular weight is 417 g/mol. The van der Waals surface area contributed by atoms with Crippen molar-refractivity contribution in [2.24, 2.45) is 5.92 Å². The highest BCUT2D eigenvalue weighted by atomic mass is 16.5. The molecule has 3 aromatic carbocycles. The van der Waals surface area contributed by atoms with Crippen LogP contribution in [-0.4, -0.2) is 37.5 Å². The normalized spacial score (nSPS) is 20.8. The Morgan fingerprint density at radius 3 is 2.16 bits per heavy atom. The van der Waals surface area contributed by atoms with E-state index in [1.807, 2.05) is 18.2 Å². The molecule has 0 saturated carbocycles. The molecule has 0 amide bonds. The number of rotatable bonds is 9. The minimum absolute atomic E-state index is 0.202. The van der Waals surface area contributed by atoms with Crippen LogP contribution in [0.3, 0.4) is 0 Å². The molecule has 1 heterocycles. The van der Waals surface area contributed by atoms with Crippen molar-refractivity contribution in [2.45, 2.75) is 31.0 Å². The van der Waals surface area contributed by atoms with Gasteiger partial charge in [-0.25, -0.2) is 0 Å². The molecule has 0 spiro atoms. The number of aliphatic hydroxyl groups excluding tert-OH is 1. The van der Waals surface area contributed by atoms with Gasteiger partial charge < -0.3 is 20.5 Å². The van der Waals surface area contributed by atoms with E-state index in [9.17, 15) is 5.11 Å². The van der Waals surface area contributed by atoms with Gasteiger partial charge in [0.15, 0.2) is 0 Å². The molecule has 4 heteroatoms. The zero-order valence-electron chi connectivity index (χ0n) is 18.1. The van der Waals surface area contributed by atoms with Crippen molar-refractivity contribution in [3.05, 3.63) is 102 Å². The van der Waals surface area contributed by atoms with Crippen LogP contribution in [0.2, 0.25) is 0 Å². The van der Waals surface area contributed by atoms with E-state index >= 15 is 0 Å². The SMILES string of the molecule is COc1ccccc1CNC1C(CCO)CNC1C(c1ccccc1)c1ccccc1. The summed E-state index contributed by atoms with van der Waals surface area (Å²) in [4.78, 5) is 0. The van der Waals surface area contributed by atoms with Gasteiger partial charge in [0.25, 0.3) is 0 Å². The third-order valence-electron chi connectivity index (χ3n) is 6.41. The van der Waals surface area contributed by atoms with Crippen molar-refractivity contribution in [1.29, 1.82) is 0 Å². The molecule has 1 saturated heterocycles. The molecule has 3 atom stereocenters. The highest BCUT2D eigenvalue weighted by Gasteiger charge is 2.40. The third-order valence-corrected chi connectivity index (χ3v) is 6.41. The van der Waals surface area contributed by atoms with Gasteiger partial charge in [0.1, 0.15) is 5.75 Å². The molecule has 0 bridgehead atoms. The number of hydrogen-bond donors (Lipinski definition) is 3. The minimum Gasteiger partial charge on any atom is -0.496 e. The van der Waals surface area contributed by atoms with Crippen LogP contribution >= 0.6 is 0 Å². The van der Waals surface area contributed by atoms with E-state index < -0.39 is 0 Å². The van der Waals surface area contributed by atoms with Crippen LogP contribution in [0.4, 0.5) is 0 Å². The second-order valence-electron chi connectivity index (χ2n) is 8.22. The fraction of sp³-hybridized carbons (Fsp3) is 0.333. The molecule has 1 aliphatic heterocycles. The van der Waals surface area contributed by atoms with Crippen LogP contribution in [0.5, 0.6) is 5.75 Å². The first kappa shape index (κ1) is 21.6. The first-order chi connectivity index (χ1) is 15.3. The van der Waals surface area contributed by atoms with Gasteiger partial charge in [-0.1, -0.05) is 78.9 Å². The molecular formula is C27H32N2O2. The number of nitrogens with one attached hydrogen (secondary N) is 2. The molecule has 4 nitrogen and oxygen atoms in total. The third kappa shape index (κ3) is 4.99. The first-order valence-electron chi connectivity index (χ1n) is 11.1. The van der Waals surface area contributed by atoms with E-state index in [1.54, 1.807) is 7.11 Å². The van der Waals surface area contributed by atoms with Crippen molar-refractivity contribution >= 4 is 0 Å². The Labute approximate surface area is 185 Å². The fourth-order valence-corrected chi connectivity index (χ4v) is 4.91. The maximum absolute atomic E-state index is 9.70. The molecular weight excluding hydrogens is 384 g/mol. The first-order valence-corrected chi connectivity index (χ1v) is 11.1. The quantitative estimate of drug-likeness (QED) is 0.494. The topological polar surface area (TPSA) is 53.5 Å². The monoisotopic (exact) mass is 416 g/mol. The van der Waals surface area contributed by atoms with Crippen LogP contribution in [0, 0.1) is 5.92 Å². The number of aliphatic hydroxyl groups is 1. The summed E-state index contributed by atoms with van der Waals surface area (Å²) < 4.78 is 5.55. The van der Waals surface area contributed by atoms with Crippen molar-refractivity contribution in [2.75, 3.05) is 20.3 Å².